The van der Waals surface area contributed by atoms with Crippen LogP contribution in [-0.4, -0.2) is 43.8 Å². The van der Waals surface area contributed by atoms with E-state index in [1.54, 1.807) is 0 Å². The lowest BCUT2D eigenvalue weighted by Crippen LogP contribution is -2.51. The van der Waals surface area contributed by atoms with E-state index in [9.17, 15) is 0 Å². The highest BCUT2D eigenvalue weighted by molar-refractivity contribution is 4.37. The molecule has 0 bridgehead atoms. The molecule has 0 unspecified atom stereocenters. The summed E-state index contributed by atoms with van der Waals surface area (Å²) in [5.41, 5.74) is 0. The topological polar surface area (TPSA) is 3.24 Å². The number of quaternary nitrogens is 1. The van der Waals surface area contributed by atoms with Gasteiger partial charge < -0.3 is 0 Å². The zero-order valence-electron chi connectivity index (χ0n) is 8.02. The van der Waals surface area contributed by atoms with E-state index in [1.165, 1.54) is 13.0 Å². The second-order valence-corrected chi connectivity index (χ2v) is 3.49. The van der Waals surface area contributed by atoms with E-state index in [0.29, 0.717) is 0 Å². The highest BCUT2D eigenvalue weighted by Crippen LogP contribution is 2.00. The number of nitrogens with zero attached hydrogens (tertiary/aromatic N) is 2. The molecule has 62 valence electrons. The molecule has 2 nitrogen and oxygen atoms in total. The van der Waals surface area contributed by atoms with Crippen molar-refractivity contribution in [3.8, 4) is 0 Å². The van der Waals surface area contributed by atoms with Gasteiger partial charge in [-0.05, 0) is 13.3 Å². The van der Waals surface area contributed by atoms with Gasteiger partial charge in [-0.15, -0.1) is 0 Å². The average Bonchev–Trinajstić information content (AvgIpc) is 1.80. The van der Waals surface area contributed by atoms with Gasteiger partial charge in [0.15, 0.2) is 0 Å². The van der Waals surface area contributed by atoms with E-state index in [4.69, 9.17) is 0 Å². The van der Waals surface area contributed by atoms with Crippen LogP contribution in [0.1, 0.15) is 20.3 Å². The largest absolute Gasteiger partial charge is 0.251 e. The van der Waals surface area contributed by atoms with Crippen molar-refractivity contribution < 1.29 is 4.59 Å². The summed E-state index contributed by atoms with van der Waals surface area (Å²) in [6, 6.07) is 0. The molecule has 10 heavy (non-hydrogen) atoms. The van der Waals surface area contributed by atoms with E-state index < -0.39 is 0 Å². The Morgan fingerprint density at radius 1 is 1.10 bits per heavy atom. The van der Waals surface area contributed by atoms with Crippen molar-refractivity contribution in [3.63, 3.8) is 0 Å². The Hall–Kier alpha value is -0.0800. The van der Waals surface area contributed by atoms with Gasteiger partial charge in [-0.25, -0.2) is 0 Å². The van der Waals surface area contributed by atoms with Crippen molar-refractivity contribution >= 4 is 0 Å². The second kappa shape index (κ2) is 3.94. The van der Waals surface area contributed by atoms with Crippen LogP contribution in [0.4, 0.5) is 0 Å². The summed E-state index contributed by atoms with van der Waals surface area (Å²) in [4.78, 5) is 0. The molecule has 0 atom stereocenters. The molecule has 0 aromatic carbocycles. The first-order chi connectivity index (χ1) is 4.52. The molecule has 0 aliphatic carbocycles. The summed E-state index contributed by atoms with van der Waals surface area (Å²) < 4.78 is 0.949. The van der Waals surface area contributed by atoms with Crippen LogP contribution in [0, 0.1) is 0 Å². The number of hydrogen-bond acceptors (Lipinski definition) is 1. The Balaban J connectivity index is 3.81. The zero-order chi connectivity index (χ0) is 8.20. The van der Waals surface area contributed by atoms with Gasteiger partial charge in [0.25, 0.3) is 0 Å². The molecule has 0 spiro atoms. The summed E-state index contributed by atoms with van der Waals surface area (Å²) in [7, 11) is 6.62. The monoisotopic (exact) mass is 145 g/mol. The van der Waals surface area contributed by atoms with Gasteiger partial charge in [0.2, 0.25) is 0 Å². The molecule has 0 aliphatic heterocycles. The molecule has 0 N–H and O–H groups in total. The van der Waals surface area contributed by atoms with Gasteiger partial charge in [0.1, 0.15) is 0 Å². The molecule has 0 heterocycles. The maximum atomic E-state index is 2.43. The third-order valence-corrected chi connectivity index (χ3v) is 1.70. The summed E-state index contributed by atoms with van der Waals surface area (Å²) in [5, 5.41) is 2.43. The van der Waals surface area contributed by atoms with Crippen molar-refractivity contribution in [2.24, 2.45) is 0 Å². The lowest BCUT2D eigenvalue weighted by molar-refractivity contribution is -0.986. The minimum Gasteiger partial charge on any atom is -0.251 e. The van der Waals surface area contributed by atoms with E-state index in [2.05, 4.69) is 40.0 Å². The Morgan fingerprint density at radius 3 is 1.70 bits per heavy atom. The lowest BCUT2D eigenvalue weighted by atomic mass is 10.4. The predicted molar refractivity (Wildman–Crippen MR) is 45.6 cm³/mol. The van der Waals surface area contributed by atoms with E-state index >= 15 is 0 Å². The summed E-state index contributed by atoms with van der Waals surface area (Å²) in [5.74, 6) is 0. The maximum Gasteiger partial charge on any atom is 0.0855 e. The van der Waals surface area contributed by atoms with Gasteiger partial charge >= 0.3 is 0 Å². The minimum absolute atomic E-state index is 0.949. The van der Waals surface area contributed by atoms with Crippen molar-refractivity contribution in [1.29, 1.82) is 0 Å². The summed E-state index contributed by atoms with van der Waals surface area (Å²) in [6.07, 6.45) is 1.24. The van der Waals surface area contributed by atoms with E-state index in [0.717, 1.165) is 11.1 Å². The van der Waals surface area contributed by atoms with E-state index in [1.807, 2.05) is 0 Å². The summed E-state index contributed by atoms with van der Waals surface area (Å²) in [6.45, 7) is 6.76. The predicted octanol–water partition coefficient (Wildman–Crippen LogP) is 1.34. The summed E-state index contributed by atoms with van der Waals surface area (Å²) >= 11 is 0. The number of rotatable bonds is 4. The molecular weight excluding hydrogens is 124 g/mol. The van der Waals surface area contributed by atoms with Crippen LogP contribution in [0.2, 0.25) is 0 Å². The van der Waals surface area contributed by atoms with Gasteiger partial charge in [0, 0.05) is 13.1 Å². The Morgan fingerprint density at radius 2 is 1.60 bits per heavy atom. The van der Waals surface area contributed by atoms with Crippen LogP contribution in [0.25, 0.3) is 0 Å². The fourth-order valence-electron chi connectivity index (χ4n) is 1.14. The fourth-order valence-corrected chi connectivity index (χ4v) is 1.14. The standard InChI is InChI=1S/C8H21N2/c1-6-8-9(7-2)10(3,4)5/h6-8H2,1-5H3/q+1. The fraction of sp³-hybridized carbons (Fsp3) is 1.00. The quantitative estimate of drug-likeness (QED) is 0.426. The molecule has 0 amide bonds. The zero-order valence-corrected chi connectivity index (χ0v) is 8.02. The van der Waals surface area contributed by atoms with Crippen molar-refractivity contribution in [2.45, 2.75) is 20.3 Å². The van der Waals surface area contributed by atoms with Crippen molar-refractivity contribution in [1.82, 2.24) is 5.01 Å². The van der Waals surface area contributed by atoms with Crippen LogP contribution in [0.15, 0.2) is 0 Å². The molecule has 0 rings (SSSR count). The Labute approximate surface area is 65.0 Å². The molecule has 2 heteroatoms. The van der Waals surface area contributed by atoms with Gasteiger partial charge in [-0.1, -0.05) is 6.92 Å². The van der Waals surface area contributed by atoms with Gasteiger partial charge in [-0.3, -0.25) is 4.59 Å². The molecular formula is C8H21N2+. The van der Waals surface area contributed by atoms with Gasteiger partial charge in [0.05, 0.1) is 21.1 Å². The van der Waals surface area contributed by atoms with Crippen molar-refractivity contribution in [2.75, 3.05) is 34.2 Å². The molecule has 0 aliphatic rings. The second-order valence-electron chi connectivity index (χ2n) is 3.49. The third kappa shape index (κ3) is 3.18. The molecule has 0 radical (unpaired) electrons. The van der Waals surface area contributed by atoms with Crippen LogP contribution in [0.5, 0.6) is 0 Å². The van der Waals surface area contributed by atoms with Crippen molar-refractivity contribution in [3.05, 3.63) is 0 Å². The highest BCUT2D eigenvalue weighted by Gasteiger charge is 2.16. The van der Waals surface area contributed by atoms with Crippen LogP contribution in [0.3, 0.4) is 0 Å². The Kier molecular flexibility index (Phi) is 3.91. The Bertz CT molecular complexity index is 83.7. The van der Waals surface area contributed by atoms with Crippen LogP contribution in [-0.2, 0) is 0 Å². The van der Waals surface area contributed by atoms with Gasteiger partial charge in [-0.2, -0.15) is 5.01 Å². The van der Waals surface area contributed by atoms with Crippen LogP contribution >= 0.6 is 0 Å². The molecule has 0 fully saturated rings. The maximum absolute atomic E-state index is 2.43. The SMILES string of the molecule is CCCN(CC)[N+](C)(C)C. The molecule has 0 aromatic heterocycles. The average molecular weight is 145 g/mol. The smallest absolute Gasteiger partial charge is 0.0855 e. The van der Waals surface area contributed by atoms with Crippen LogP contribution < -0.4 is 0 Å². The molecule has 0 saturated carbocycles. The first-order valence-electron chi connectivity index (χ1n) is 4.09. The third-order valence-electron chi connectivity index (χ3n) is 1.70. The highest BCUT2D eigenvalue weighted by atomic mass is 15.7. The normalized spacial score (nSPS) is 12.6. The lowest BCUT2D eigenvalue weighted by Gasteiger charge is -2.35. The number of hydrogen-bond donors (Lipinski definition) is 0. The minimum atomic E-state index is 0.949. The molecule has 0 saturated heterocycles. The first-order valence-corrected chi connectivity index (χ1v) is 4.09. The van der Waals surface area contributed by atoms with E-state index in [-0.39, 0.29) is 0 Å². The molecule has 0 aromatic rings. The first kappa shape index (κ1) is 9.92.